The fraction of sp³-hybridized carbons (Fsp3) is 0.286. The highest BCUT2D eigenvalue weighted by Crippen LogP contribution is 2.28. The number of hydrogen-bond donors (Lipinski definition) is 0. The summed E-state index contributed by atoms with van der Waals surface area (Å²) in [5.41, 5.74) is 2.42. The number of halogens is 1. The number of nitrogens with zero attached hydrogens (tertiary/aromatic N) is 2. The average Bonchev–Trinajstić information content (AvgIpc) is 2.80. The van der Waals surface area contributed by atoms with Gasteiger partial charge in [0.2, 0.25) is 15.0 Å². The highest BCUT2D eigenvalue weighted by molar-refractivity contribution is 8.14. The second kappa shape index (κ2) is 4.96. The number of hydrogen-bond acceptors (Lipinski definition) is 4. The smallest absolute Gasteiger partial charge is 0.237 e. The molecule has 1 fully saturated rings. The lowest BCUT2D eigenvalue weighted by Gasteiger charge is -2.16. The molecule has 0 radical (unpaired) electrons. The van der Waals surface area contributed by atoms with E-state index in [1.807, 2.05) is 31.2 Å². The van der Waals surface area contributed by atoms with Crippen molar-refractivity contribution in [2.45, 2.75) is 18.6 Å². The van der Waals surface area contributed by atoms with Crippen molar-refractivity contribution >= 4 is 42.2 Å². The van der Waals surface area contributed by atoms with Crippen molar-refractivity contribution in [1.82, 2.24) is 4.98 Å². The summed E-state index contributed by atoms with van der Waals surface area (Å²) >= 11 is 0. The van der Waals surface area contributed by atoms with Crippen LogP contribution in [0.5, 0.6) is 0 Å². The third-order valence-electron chi connectivity index (χ3n) is 3.61. The van der Waals surface area contributed by atoms with Crippen molar-refractivity contribution in [2.24, 2.45) is 0 Å². The van der Waals surface area contributed by atoms with Crippen LogP contribution in [0.4, 0.5) is 5.69 Å². The number of rotatable bonds is 2. The SMILES string of the molecule is Cc1ccc2cc(N3CC(S(=O)(=O)Cl)CC3=O)ccc2n1. The Morgan fingerprint density at radius 1 is 1.29 bits per heavy atom. The molecular formula is C14H13ClN2O3S. The van der Waals surface area contributed by atoms with Gasteiger partial charge in [0.05, 0.1) is 5.52 Å². The number of carbonyl (C=O) groups excluding carboxylic acids is 1. The maximum atomic E-state index is 12.0. The third kappa shape index (κ3) is 2.73. The van der Waals surface area contributed by atoms with Gasteiger partial charge in [0.25, 0.3) is 0 Å². The van der Waals surface area contributed by atoms with Crippen LogP contribution in [-0.4, -0.2) is 31.1 Å². The quantitative estimate of drug-likeness (QED) is 0.794. The van der Waals surface area contributed by atoms with E-state index in [1.165, 1.54) is 4.90 Å². The first-order chi connectivity index (χ1) is 9.84. The molecule has 1 amide bonds. The zero-order valence-corrected chi connectivity index (χ0v) is 12.9. The van der Waals surface area contributed by atoms with E-state index in [-0.39, 0.29) is 18.9 Å². The third-order valence-corrected chi connectivity index (χ3v) is 5.48. The minimum absolute atomic E-state index is 0.0734. The molecule has 1 saturated heterocycles. The Morgan fingerprint density at radius 3 is 2.71 bits per heavy atom. The van der Waals surface area contributed by atoms with E-state index in [0.717, 1.165) is 16.6 Å². The summed E-state index contributed by atoms with van der Waals surface area (Å²) in [4.78, 5) is 17.9. The molecule has 2 heterocycles. The molecule has 7 heteroatoms. The van der Waals surface area contributed by atoms with Gasteiger partial charge in [-0.1, -0.05) is 6.07 Å². The van der Waals surface area contributed by atoms with Crippen LogP contribution in [0.3, 0.4) is 0 Å². The van der Waals surface area contributed by atoms with Crippen LogP contribution in [0.15, 0.2) is 30.3 Å². The maximum Gasteiger partial charge on any atom is 0.237 e. The minimum atomic E-state index is -3.73. The lowest BCUT2D eigenvalue weighted by atomic mass is 10.1. The van der Waals surface area contributed by atoms with Gasteiger partial charge in [-0.25, -0.2) is 8.42 Å². The second-order valence-corrected chi connectivity index (χ2v) is 8.04. The van der Waals surface area contributed by atoms with Crippen molar-refractivity contribution in [3.8, 4) is 0 Å². The predicted molar refractivity (Wildman–Crippen MR) is 82.0 cm³/mol. The zero-order chi connectivity index (χ0) is 15.2. The average molecular weight is 325 g/mol. The number of fused-ring (bicyclic) bond motifs is 1. The van der Waals surface area contributed by atoms with Crippen LogP contribution in [0.1, 0.15) is 12.1 Å². The van der Waals surface area contributed by atoms with E-state index in [0.29, 0.717) is 5.69 Å². The van der Waals surface area contributed by atoms with Gasteiger partial charge in [-0.15, -0.1) is 0 Å². The summed E-state index contributed by atoms with van der Waals surface area (Å²) in [6.45, 7) is 2.00. The van der Waals surface area contributed by atoms with Crippen LogP contribution >= 0.6 is 10.7 Å². The predicted octanol–water partition coefficient (Wildman–Crippen LogP) is 2.22. The first-order valence-electron chi connectivity index (χ1n) is 6.46. The van der Waals surface area contributed by atoms with Gasteiger partial charge >= 0.3 is 0 Å². The Kier molecular flexibility index (Phi) is 3.37. The molecule has 1 atom stereocenters. The first kappa shape index (κ1) is 14.3. The molecule has 0 N–H and O–H groups in total. The maximum absolute atomic E-state index is 12.0. The molecule has 0 saturated carbocycles. The van der Waals surface area contributed by atoms with E-state index in [9.17, 15) is 13.2 Å². The lowest BCUT2D eigenvalue weighted by molar-refractivity contribution is -0.117. The van der Waals surface area contributed by atoms with Crippen molar-refractivity contribution in [1.29, 1.82) is 0 Å². The Balaban J connectivity index is 1.97. The largest absolute Gasteiger partial charge is 0.311 e. The number of amides is 1. The molecule has 1 aromatic carbocycles. The lowest BCUT2D eigenvalue weighted by Crippen LogP contribution is -2.26. The van der Waals surface area contributed by atoms with Crippen molar-refractivity contribution in [2.75, 3.05) is 11.4 Å². The van der Waals surface area contributed by atoms with Crippen LogP contribution in [0.25, 0.3) is 10.9 Å². The van der Waals surface area contributed by atoms with Gasteiger partial charge < -0.3 is 4.90 Å². The summed E-state index contributed by atoms with van der Waals surface area (Å²) in [5, 5.41) is 0.0570. The monoisotopic (exact) mass is 324 g/mol. The van der Waals surface area contributed by atoms with Gasteiger partial charge in [0, 0.05) is 40.4 Å². The van der Waals surface area contributed by atoms with Crippen LogP contribution < -0.4 is 4.90 Å². The summed E-state index contributed by atoms with van der Waals surface area (Å²) < 4.78 is 22.8. The normalized spacial score (nSPS) is 19.4. The molecule has 0 bridgehead atoms. The number of pyridine rings is 1. The molecule has 2 aromatic rings. The highest BCUT2D eigenvalue weighted by Gasteiger charge is 2.37. The summed E-state index contributed by atoms with van der Waals surface area (Å²) in [6, 6.07) is 9.26. The molecule has 3 rings (SSSR count). The Hall–Kier alpha value is -1.66. The van der Waals surface area contributed by atoms with Crippen molar-refractivity contribution in [3.63, 3.8) is 0 Å². The number of aryl methyl sites for hydroxylation is 1. The molecule has 0 spiro atoms. The molecule has 1 aromatic heterocycles. The Morgan fingerprint density at radius 2 is 2.05 bits per heavy atom. The van der Waals surface area contributed by atoms with E-state index < -0.39 is 14.3 Å². The fourth-order valence-corrected chi connectivity index (χ4v) is 3.52. The van der Waals surface area contributed by atoms with Crippen molar-refractivity contribution in [3.05, 3.63) is 36.0 Å². The van der Waals surface area contributed by atoms with Gasteiger partial charge in [-0.05, 0) is 31.2 Å². The van der Waals surface area contributed by atoms with Crippen LogP contribution in [-0.2, 0) is 13.8 Å². The number of benzene rings is 1. The molecule has 1 unspecified atom stereocenters. The van der Waals surface area contributed by atoms with E-state index >= 15 is 0 Å². The van der Waals surface area contributed by atoms with Crippen LogP contribution in [0, 0.1) is 6.92 Å². The summed E-state index contributed by atoms with van der Waals surface area (Å²) in [5.74, 6) is -0.233. The van der Waals surface area contributed by atoms with Gasteiger partial charge in [0.1, 0.15) is 5.25 Å². The summed E-state index contributed by atoms with van der Waals surface area (Å²) in [6.07, 6.45) is -0.0734. The standard InChI is InChI=1S/C14H13ClN2O3S/c1-9-2-3-10-6-11(4-5-13(10)16-9)17-8-12(7-14(17)18)21(15,19)20/h2-6,12H,7-8H2,1H3. The topological polar surface area (TPSA) is 67.3 Å². The Bertz CT molecular complexity index is 835. The number of aromatic nitrogens is 1. The fourth-order valence-electron chi connectivity index (χ4n) is 2.50. The van der Waals surface area contributed by atoms with Gasteiger partial charge in [-0.3, -0.25) is 9.78 Å². The molecule has 5 nitrogen and oxygen atoms in total. The van der Waals surface area contributed by atoms with Crippen molar-refractivity contribution < 1.29 is 13.2 Å². The highest BCUT2D eigenvalue weighted by atomic mass is 35.7. The summed E-state index contributed by atoms with van der Waals surface area (Å²) in [7, 11) is 1.63. The molecule has 1 aliphatic rings. The number of anilines is 1. The van der Waals surface area contributed by atoms with Gasteiger partial charge in [-0.2, -0.15) is 0 Å². The zero-order valence-electron chi connectivity index (χ0n) is 11.3. The molecule has 0 aliphatic carbocycles. The second-order valence-electron chi connectivity index (χ2n) is 5.14. The minimum Gasteiger partial charge on any atom is -0.311 e. The van der Waals surface area contributed by atoms with E-state index in [2.05, 4.69) is 4.98 Å². The van der Waals surface area contributed by atoms with Gasteiger partial charge in [0.15, 0.2) is 0 Å². The molecule has 1 aliphatic heterocycles. The number of carbonyl (C=O) groups is 1. The molecule has 110 valence electrons. The van der Waals surface area contributed by atoms with Crippen LogP contribution in [0.2, 0.25) is 0 Å². The Labute approximate surface area is 127 Å². The first-order valence-corrected chi connectivity index (χ1v) is 8.83. The van der Waals surface area contributed by atoms with E-state index in [4.69, 9.17) is 10.7 Å². The molecule has 21 heavy (non-hydrogen) atoms. The molecular weight excluding hydrogens is 312 g/mol. The van der Waals surface area contributed by atoms with E-state index in [1.54, 1.807) is 6.07 Å².